The highest BCUT2D eigenvalue weighted by Crippen LogP contribution is 2.48. The lowest BCUT2D eigenvalue weighted by molar-refractivity contribution is 0.0698. The van der Waals surface area contributed by atoms with Gasteiger partial charge >= 0.3 is 5.97 Å². The predicted molar refractivity (Wildman–Crippen MR) is 68.3 cm³/mol. The lowest BCUT2D eigenvalue weighted by Gasteiger charge is -2.16. The molecule has 4 nitrogen and oxygen atoms in total. The van der Waals surface area contributed by atoms with E-state index in [4.69, 9.17) is 10.8 Å². The number of aromatic carboxylic acids is 1. The van der Waals surface area contributed by atoms with Gasteiger partial charge in [-0.15, -0.1) is 0 Å². The van der Waals surface area contributed by atoms with Gasteiger partial charge in [-0.2, -0.15) is 0 Å². The van der Waals surface area contributed by atoms with Crippen molar-refractivity contribution in [3.05, 3.63) is 23.8 Å². The quantitative estimate of drug-likeness (QED) is 0.684. The maximum absolute atomic E-state index is 10.9. The molecule has 0 aromatic heterocycles. The van der Waals surface area contributed by atoms with Gasteiger partial charge in [0.1, 0.15) is 0 Å². The molecule has 2 rings (SSSR count). The van der Waals surface area contributed by atoms with Crippen molar-refractivity contribution in [3.63, 3.8) is 0 Å². The van der Waals surface area contributed by atoms with Crippen LogP contribution in [0.1, 0.15) is 36.5 Å². The van der Waals surface area contributed by atoms with Gasteiger partial charge in [0, 0.05) is 6.54 Å². The summed E-state index contributed by atoms with van der Waals surface area (Å²) in [4.78, 5) is 10.9. The second-order valence-corrected chi connectivity index (χ2v) is 4.78. The predicted octanol–water partition coefficient (Wildman–Crippen LogP) is 2.57. The number of para-hydroxylation sites is 1. The van der Waals surface area contributed by atoms with Crippen LogP contribution in [0.3, 0.4) is 0 Å². The van der Waals surface area contributed by atoms with E-state index in [0.717, 1.165) is 18.7 Å². The number of anilines is 2. The highest BCUT2D eigenvalue weighted by Gasteiger charge is 2.40. The normalized spacial score (nSPS) is 16.5. The van der Waals surface area contributed by atoms with Crippen LogP contribution in [0.25, 0.3) is 0 Å². The molecule has 0 aliphatic heterocycles. The lowest BCUT2D eigenvalue weighted by atomic mass is 10.0. The van der Waals surface area contributed by atoms with Crippen molar-refractivity contribution in [2.75, 3.05) is 17.6 Å². The molecule has 1 aromatic rings. The van der Waals surface area contributed by atoms with Gasteiger partial charge in [0.15, 0.2) is 0 Å². The highest BCUT2D eigenvalue weighted by atomic mass is 16.4. The van der Waals surface area contributed by atoms with Crippen LogP contribution in [-0.4, -0.2) is 17.6 Å². The Morgan fingerprint density at radius 1 is 1.53 bits per heavy atom. The molecular formula is C13H18N2O2. The molecule has 1 aromatic carbocycles. The smallest absolute Gasteiger partial charge is 0.337 e. The molecule has 0 bridgehead atoms. The summed E-state index contributed by atoms with van der Waals surface area (Å²) in [5, 5.41) is 12.2. The SMILES string of the molecule is CCC1(CNc2cccc(C(=O)O)c2N)CC1. The Hall–Kier alpha value is -1.71. The first-order valence-electron chi connectivity index (χ1n) is 5.94. The third-order valence-corrected chi connectivity index (χ3v) is 3.70. The van der Waals surface area contributed by atoms with E-state index in [0.29, 0.717) is 11.1 Å². The summed E-state index contributed by atoms with van der Waals surface area (Å²) in [5.74, 6) is -0.984. The number of nitrogens with one attached hydrogen (secondary N) is 1. The van der Waals surface area contributed by atoms with Crippen molar-refractivity contribution in [1.29, 1.82) is 0 Å². The van der Waals surface area contributed by atoms with E-state index in [9.17, 15) is 4.79 Å². The van der Waals surface area contributed by atoms with E-state index in [-0.39, 0.29) is 5.56 Å². The third-order valence-electron chi connectivity index (χ3n) is 3.70. The second kappa shape index (κ2) is 4.28. The molecule has 0 saturated heterocycles. The summed E-state index contributed by atoms with van der Waals surface area (Å²) < 4.78 is 0. The van der Waals surface area contributed by atoms with Gasteiger partial charge in [-0.25, -0.2) is 4.79 Å². The molecule has 1 aliphatic carbocycles. The average Bonchev–Trinajstić information content (AvgIpc) is 3.08. The molecule has 4 N–H and O–H groups in total. The van der Waals surface area contributed by atoms with Crippen molar-refractivity contribution in [1.82, 2.24) is 0 Å². The fourth-order valence-corrected chi connectivity index (χ4v) is 2.02. The molecule has 1 fully saturated rings. The first kappa shape index (κ1) is 11.8. The van der Waals surface area contributed by atoms with Gasteiger partial charge in [0.2, 0.25) is 0 Å². The molecule has 0 unspecified atom stereocenters. The summed E-state index contributed by atoms with van der Waals surface area (Å²) in [5.41, 5.74) is 7.46. The standard InChI is InChI=1S/C13H18N2O2/c1-2-13(6-7-13)8-15-10-5-3-4-9(11(10)14)12(16)17/h3-5,15H,2,6-8,14H2,1H3,(H,16,17). The van der Waals surface area contributed by atoms with E-state index in [1.807, 2.05) is 6.07 Å². The molecule has 0 heterocycles. The molecule has 92 valence electrons. The number of rotatable bonds is 5. The topological polar surface area (TPSA) is 75.3 Å². The second-order valence-electron chi connectivity index (χ2n) is 4.78. The largest absolute Gasteiger partial charge is 0.478 e. The molecule has 17 heavy (non-hydrogen) atoms. The summed E-state index contributed by atoms with van der Waals surface area (Å²) in [7, 11) is 0. The molecule has 1 saturated carbocycles. The minimum Gasteiger partial charge on any atom is -0.478 e. The Balaban J connectivity index is 2.11. The molecular weight excluding hydrogens is 216 g/mol. The average molecular weight is 234 g/mol. The number of benzene rings is 1. The van der Waals surface area contributed by atoms with E-state index in [1.165, 1.54) is 18.9 Å². The Bertz CT molecular complexity index is 439. The van der Waals surface area contributed by atoms with Crippen LogP contribution in [0.5, 0.6) is 0 Å². The Morgan fingerprint density at radius 2 is 2.24 bits per heavy atom. The number of carbonyl (C=O) groups is 1. The van der Waals surface area contributed by atoms with Crippen LogP contribution < -0.4 is 11.1 Å². The van der Waals surface area contributed by atoms with E-state index < -0.39 is 5.97 Å². The van der Waals surface area contributed by atoms with Gasteiger partial charge in [-0.05, 0) is 36.8 Å². The summed E-state index contributed by atoms with van der Waals surface area (Å²) in [6.07, 6.45) is 3.64. The minimum atomic E-state index is -0.984. The Morgan fingerprint density at radius 3 is 2.76 bits per heavy atom. The zero-order valence-corrected chi connectivity index (χ0v) is 9.99. The maximum Gasteiger partial charge on any atom is 0.337 e. The van der Waals surface area contributed by atoms with Crippen molar-refractivity contribution in [3.8, 4) is 0 Å². The number of hydrogen-bond donors (Lipinski definition) is 3. The molecule has 1 aliphatic rings. The van der Waals surface area contributed by atoms with Gasteiger partial charge in [-0.3, -0.25) is 0 Å². The van der Waals surface area contributed by atoms with Crippen LogP contribution in [0.2, 0.25) is 0 Å². The summed E-state index contributed by atoms with van der Waals surface area (Å²) in [6, 6.07) is 5.07. The van der Waals surface area contributed by atoms with E-state index in [1.54, 1.807) is 6.07 Å². The van der Waals surface area contributed by atoms with Crippen molar-refractivity contribution < 1.29 is 9.90 Å². The lowest BCUT2D eigenvalue weighted by Crippen LogP contribution is -2.16. The third kappa shape index (κ3) is 2.35. The minimum absolute atomic E-state index is 0.163. The molecule has 0 amide bonds. The molecule has 0 atom stereocenters. The maximum atomic E-state index is 10.9. The highest BCUT2D eigenvalue weighted by molar-refractivity contribution is 5.97. The summed E-state index contributed by atoms with van der Waals surface area (Å²) in [6.45, 7) is 3.06. The van der Waals surface area contributed by atoms with Crippen LogP contribution in [0, 0.1) is 5.41 Å². The van der Waals surface area contributed by atoms with Gasteiger partial charge in [0.05, 0.1) is 16.9 Å². The Labute approximate surface area is 101 Å². The molecule has 4 heteroatoms. The van der Waals surface area contributed by atoms with Gasteiger partial charge in [0.25, 0.3) is 0 Å². The van der Waals surface area contributed by atoms with Gasteiger partial charge < -0.3 is 16.2 Å². The number of nitrogen functional groups attached to an aromatic ring is 1. The fourth-order valence-electron chi connectivity index (χ4n) is 2.02. The van der Waals surface area contributed by atoms with E-state index >= 15 is 0 Å². The first-order chi connectivity index (χ1) is 8.08. The summed E-state index contributed by atoms with van der Waals surface area (Å²) >= 11 is 0. The fraction of sp³-hybridized carbons (Fsp3) is 0.462. The number of carboxylic acid groups (broad SMARTS) is 1. The van der Waals surface area contributed by atoms with Crippen LogP contribution >= 0.6 is 0 Å². The van der Waals surface area contributed by atoms with Gasteiger partial charge in [-0.1, -0.05) is 13.0 Å². The zero-order chi connectivity index (χ0) is 12.5. The number of hydrogen-bond acceptors (Lipinski definition) is 3. The van der Waals surface area contributed by atoms with E-state index in [2.05, 4.69) is 12.2 Å². The number of carboxylic acids is 1. The van der Waals surface area contributed by atoms with Crippen molar-refractivity contribution >= 4 is 17.3 Å². The monoisotopic (exact) mass is 234 g/mol. The zero-order valence-electron chi connectivity index (χ0n) is 9.99. The first-order valence-corrected chi connectivity index (χ1v) is 5.94. The molecule has 0 radical (unpaired) electrons. The van der Waals surface area contributed by atoms with Crippen LogP contribution in [0.4, 0.5) is 11.4 Å². The van der Waals surface area contributed by atoms with Crippen LogP contribution in [0.15, 0.2) is 18.2 Å². The number of nitrogens with two attached hydrogens (primary N) is 1. The van der Waals surface area contributed by atoms with Crippen molar-refractivity contribution in [2.24, 2.45) is 5.41 Å². The van der Waals surface area contributed by atoms with Crippen LogP contribution in [-0.2, 0) is 0 Å². The Kier molecular flexibility index (Phi) is 2.96. The molecule has 0 spiro atoms. The van der Waals surface area contributed by atoms with Crippen molar-refractivity contribution in [2.45, 2.75) is 26.2 Å².